The Morgan fingerprint density at radius 1 is 1.26 bits per heavy atom. The Morgan fingerprint density at radius 3 is 2.87 bits per heavy atom. The van der Waals surface area contributed by atoms with Crippen LogP contribution in [0, 0.1) is 0 Å². The molecule has 1 aromatic carbocycles. The number of unbranched alkanes of at least 4 members (excludes halogenated alkanes) is 2. The van der Waals surface area contributed by atoms with Crippen LogP contribution >= 0.6 is 12.4 Å². The number of quaternary nitrogens is 1. The molecule has 0 radical (unpaired) electrons. The first kappa shape index (κ1) is 21.3. The molecule has 0 aliphatic carbocycles. The van der Waals surface area contributed by atoms with E-state index in [0.29, 0.717) is 6.42 Å². The molecule has 0 saturated carbocycles. The summed E-state index contributed by atoms with van der Waals surface area (Å²) < 4.78 is 0. The quantitative estimate of drug-likeness (QED) is 0.375. The van der Waals surface area contributed by atoms with Gasteiger partial charge in [0.15, 0.2) is 0 Å². The molecule has 2 rings (SSSR count). The molecule has 0 saturated heterocycles. The number of benzene rings is 1. The molecule has 0 aliphatic rings. The lowest BCUT2D eigenvalue weighted by molar-refractivity contribution is -0.368. The highest BCUT2D eigenvalue weighted by atomic mass is 35.5. The topological polar surface area (TPSA) is 82.0 Å². The first-order chi connectivity index (χ1) is 10.3. The number of halogens is 2. The Morgan fingerprint density at radius 2 is 2.09 bits per heavy atom. The molecule has 1 heterocycles. The van der Waals surface area contributed by atoms with Crippen molar-refractivity contribution < 1.29 is 22.9 Å². The number of hydrogen-bond acceptors (Lipinski definition) is 3. The van der Waals surface area contributed by atoms with Gasteiger partial charge in [0.1, 0.15) is 0 Å². The van der Waals surface area contributed by atoms with Crippen molar-refractivity contribution >= 4 is 35.4 Å². The Balaban J connectivity index is 0.00000242. The van der Waals surface area contributed by atoms with Gasteiger partial charge in [0.05, 0.1) is 18.3 Å². The fourth-order valence-electron chi connectivity index (χ4n) is 2.05. The molecule has 0 unspecified atom stereocenters. The monoisotopic (exact) mass is 356 g/mol. The second-order valence-corrected chi connectivity index (χ2v) is 4.91. The number of nitrogens with one attached hydrogen (secondary N) is 1. The van der Waals surface area contributed by atoms with Gasteiger partial charge in [-0.2, -0.15) is 5.10 Å². The molecule has 23 heavy (non-hydrogen) atoms. The van der Waals surface area contributed by atoms with Gasteiger partial charge in [0.25, 0.3) is 0 Å². The van der Waals surface area contributed by atoms with Gasteiger partial charge in [-0.25, -0.2) is 5.43 Å². The average Bonchev–Trinajstić information content (AvgIpc) is 2.51. The van der Waals surface area contributed by atoms with Gasteiger partial charge in [0, 0.05) is 18.0 Å². The summed E-state index contributed by atoms with van der Waals surface area (Å²) >= 11 is 0. The summed E-state index contributed by atoms with van der Waals surface area (Å²) in [6.07, 6.45) is 6.93. The second-order valence-electron chi connectivity index (χ2n) is 4.91. The Bertz CT molecular complexity index is 634. The number of aromatic nitrogens is 1. The number of pyridine rings is 1. The van der Waals surface area contributed by atoms with Gasteiger partial charge in [-0.3, -0.25) is 9.78 Å². The highest BCUT2D eigenvalue weighted by Gasteiger charge is 1.99. The third-order valence-corrected chi connectivity index (χ3v) is 3.18. The van der Waals surface area contributed by atoms with Crippen LogP contribution in [0.4, 0.5) is 0 Å². The number of carbonyl (C=O) groups excluding carboxylic acids is 1. The maximum atomic E-state index is 11.6. The Labute approximate surface area is 148 Å². The zero-order chi connectivity index (χ0) is 14.9. The van der Waals surface area contributed by atoms with Gasteiger partial charge in [-0.1, -0.05) is 12.1 Å². The van der Waals surface area contributed by atoms with E-state index in [4.69, 9.17) is 0 Å². The summed E-state index contributed by atoms with van der Waals surface area (Å²) in [6.45, 7) is 0.927. The minimum atomic E-state index is -0.0437. The van der Waals surface area contributed by atoms with E-state index in [-0.39, 0.29) is 30.7 Å². The van der Waals surface area contributed by atoms with E-state index in [1.165, 1.54) is 0 Å². The zero-order valence-corrected chi connectivity index (χ0v) is 14.4. The minimum absolute atomic E-state index is 0. The van der Waals surface area contributed by atoms with E-state index < -0.39 is 0 Å². The zero-order valence-electron chi connectivity index (χ0n) is 12.9. The maximum Gasteiger partial charge on any atom is 0.240 e. The predicted octanol–water partition coefficient (Wildman–Crippen LogP) is -1.09. The van der Waals surface area contributed by atoms with E-state index in [9.17, 15) is 4.79 Å². The standard InChI is InChI=1S/C16H20N4O.2ClH/c17-9-3-1-2-6-16(21)20-19-12-13-7-8-15-14(11-13)5-4-10-18-15;;/h4-5,7-8,10-12H,1-3,6,9,17H2,(H,20,21);2*1H. The van der Waals surface area contributed by atoms with E-state index in [1.807, 2.05) is 30.3 Å². The molecular weight excluding hydrogens is 335 g/mol. The fraction of sp³-hybridized carbons (Fsp3) is 0.312. The minimum Gasteiger partial charge on any atom is -1.00 e. The number of amides is 1. The highest BCUT2D eigenvalue weighted by molar-refractivity contribution is 5.89. The van der Waals surface area contributed by atoms with Gasteiger partial charge in [0.2, 0.25) is 5.91 Å². The predicted molar refractivity (Wildman–Crippen MR) is 91.0 cm³/mol. The van der Waals surface area contributed by atoms with Crippen molar-refractivity contribution in [3.05, 3.63) is 42.1 Å². The first-order valence-corrected chi connectivity index (χ1v) is 7.25. The number of hydrazone groups is 1. The molecule has 7 heteroatoms. The lowest BCUT2D eigenvalue weighted by Gasteiger charge is -2.00. The van der Waals surface area contributed by atoms with Crippen molar-refractivity contribution in [1.29, 1.82) is 0 Å². The van der Waals surface area contributed by atoms with Gasteiger partial charge < -0.3 is 18.1 Å². The first-order valence-electron chi connectivity index (χ1n) is 7.25. The van der Waals surface area contributed by atoms with Gasteiger partial charge >= 0.3 is 0 Å². The largest absolute Gasteiger partial charge is 1.00 e. The molecule has 2 aromatic rings. The van der Waals surface area contributed by atoms with Crippen molar-refractivity contribution in [2.75, 3.05) is 6.54 Å². The van der Waals surface area contributed by atoms with Crippen LogP contribution in [0.3, 0.4) is 0 Å². The maximum absolute atomic E-state index is 11.6. The van der Waals surface area contributed by atoms with Crippen LogP contribution in [0.25, 0.3) is 10.9 Å². The van der Waals surface area contributed by atoms with Crippen molar-refractivity contribution in [1.82, 2.24) is 10.4 Å². The SMILES string of the molecule is Cl.[Cl-].[NH3+]CCCCCC(=O)NN=Cc1ccc2ncccc2c1. The number of carbonyl (C=O) groups is 1. The molecular formula is C16H22Cl2N4O. The number of rotatable bonds is 7. The molecule has 4 N–H and O–H groups in total. The van der Waals surface area contributed by atoms with Crippen molar-refractivity contribution in [2.45, 2.75) is 25.7 Å². The summed E-state index contributed by atoms with van der Waals surface area (Å²) in [5, 5.41) is 5.05. The van der Waals surface area contributed by atoms with E-state index in [1.54, 1.807) is 12.4 Å². The summed E-state index contributed by atoms with van der Waals surface area (Å²) in [6, 6.07) is 9.76. The molecule has 0 spiro atoms. The molecule has 1 aromatic heterocycles. The second kappa shape index (κ2) is 11.8. The Kier molecular flexibility index (Phi) is 11.0. The lowest BCUT2D eigenvalue weighted by atomic mass is 10.1. The van der Waals surface area contributed by atoms with Crippen LogP contribution < -0.4 is 23.6 Å². The molecule has 0 fully saturated rings. The number of hydrogen-bond donors (Lipinski definition) is 2. The number of fused-ring (bicyclic) bond motifs is 1. The molecule has 0 bridgehead atoms. The molecule has 5 nitrogen and oxygen atoms in total. The van der Waals surface area contributed by atoms with Crippen LogP contribution in [-0.2, 0) is 4.79 Å². The molecule has 0 aliphatic heterocycles. The van der Waals surface area contributed by atoms with Crippen LogP contribution in [0.2, 0.25) is 0 Å². The lowest BCUT2D eigenvalue weighted by Crippen LogP contribution is -3.00. The van der Waals surface area contributed by atoms with Crippen LogP contribution in [-0.4, -0.2) is 23.7 Å². The molecule has 1 amide bonds. The van der Waals surface area contributed by atoms with Crippen molar-refractivity contribution in [3.8, 4) is 0 Å². The highest BCUT2D eigenvalue weighted by Crippen LogP contribution is 2.11. The van der Waals surface area contributed by atoms with Gasteiger partial charge in [-0.05, 0) is 43.0 Å². The third-order valence-electron chi connectivity index (χ3n) is 3.18. The van der Waals surface area contributed by atoms with Crippen LogP contribution in [0.5, 0.6) is 0 Å². The third kappa shape index (κ3) is 7.41. The fourth-order valence-corrected chi connectivity index (χ4v) is 2.05. The van der Waals surface area contributed by atoms with Crippen LogP contribution in [0.15, 0.2) is 41.6 Å². The number of nitrogens with zero attached hydrogens (tertiary/aromatic N) is 2. The molecule has 0 atom stereocenters. The Hall–Kier alpha value is -1.69. The summed E-state index contributed by atoms with van der Waals surface area (Å²) in [5.74, 6) is -0.0437. The summed E-state index contributed by atoms with van der Waals surface area (Å²) in [5.41, 5.74) is 8.22. The normalized spacial score (nSPS) is 10.1. The summed E-state index contributed by atoms with van der Waals surface area (Å²) in [7, 11) is 0. The van der Waals surface area contributed by atoms with E-state index in [2.05, 4.69) is 21.2 Å². The van der Waals surface area contributed by atoms with E-state index >= 15 is 0 Å². The molecule has 126 valence electrons. The summed E-state index contributed by atoms with van der Waals surface area (Å²) in [4.78, 5) is 15.8. The van der Waals surface area contributed by atoms with Crippen LogP contribution in [0.1, 0.15) is 31.2 Å². The van der Waals surface area contributed by atoms with E-state index in [0.717, 1.165) is 42.3 Å². The smallest absolute Gasteiger partial charge is 0.240 e. The van der Waals surface area contributed by atoms with Crippen molar-refractivity contribution in [2.24, 2.45) is 5.10 Å². The van der Waals surface area contributed by atoms with Gasteiger partial charge in [-0.15, -0.1) is 12.4 Å². The average molecular weight is 357 g/mol. The van der Waals surface area contributed by atoms with Crippen molar-refractivity contribution in [3.63, 3.8) is 0 Å².